The molecule has 22 heavy (non-hydrogen) atoms. The Morgan fingerprint density at radius 2 is 2.27 bits per heavy atom. The molecule has 1 aliphatic rings. The Hall–Kier alpha value is -2.37. The van der Waals surface area contributed by atoms with Crippen LogP contribution >= 0.6 is 0 Å². The summed E-state index contributed by atoms with van der Waals surface area (Å²) in [7, 11) is 0. The maximum atomic E-state index is 12.8. The standard InChI is InChI=1S/C16H19N3O3/c1-2-22-16(21)12-5-3-9-19(11-12)15(20)13-6-4-8-18-10-7-17-14(13)18/h4,6-8,10,12H,2-3,5,9,11H2,1H3. The van der Waals surface area contributed by atoms with Crippen LogP contribution in [0.5, 0.6) is 0 Å². The molecular weight excluding hydrogens is 282 g/mol. The van der Waals surface area contributed by atoms with Gasteiger partial charge in [0.15, 0.2) is 0 Å². The largest absolute Gasteiger partial charge is 0.466 e. The number of carbonyl (C=O) groups excluding carboxylic acids is 2. The van der Waals surface area contributed by atoms with Gasteiger partial charge in [0, 0.05) is 31.7 Å². The molecule has 0 spiro atoms. The summed E-state index contributed by atoms with van der Waals surface area (Å²) in [5, 5.41) is 0. The number of rotatable bonds is 3. The molecule has 0 aliphatic carbocycles. The second-order valence-corrected chi connectivity index (χ2v) is 5.42. The fraction of sp³-hybridized carbons (Fsp3) is 0.438. The smallest absolute Gasteiger partial charge is 0.310 e. The van der Waals surface area contributed by atoms with E-state index in [1.807, 2.05) is 22.9 Å². The van der Waals surface area contributed by atoms with Crippen molar-refractivity contribution in [2.45, 2.75) is 19.8 Å². The lowest BCUT2D eigenvalue weighted by atomic mass is 9.97. The summed E-state index contributed by atoms with van der Waals surface area (Å²) in [6.45, 7) is 3.25. The molecule has 116 valence electrons. The molecular formula is C16H19N3O3. The Bertz CT molecular complexity index is 695. The first-order valence-electron chi connectivity index (χ1n) is 7.58. The number of amides is 1. The molecule has 2 aromatic heterocycles. The van der Waals surface area contributed by atoms with Gasteiger partial charge < -0.3 is 14.0 Å². The van der Waals surface area contributed by atoms with Gasteiger partial charge in [0.2, 0.25) is 0 Å². The average molecular weight is 301 g/mol. The topological polar surface area (TPSA) is 63.9 Å². The third kappa shape index (κ3) is 2.68. The first-order valence-corrected chi connectivity index (χ1v) is 7.58. The normalized spacial score (nSPS) is 18.4. The lowest BCUT2D eigenvalue weighted by molar-refractivity contribution is -0.149. The van der Waals surface area contributed by atoms with E-state index in [4.69, 9.17) is 4.74 Å². The number of carbonyl (C=O) groups is 2. The van der Waals surface area contributed by atoms with Gasteiger partial charge in [-0.15, -0.1) is 0 Å². The summed E-state index contributed by atoms with van der Waals surface area (Å²) >= 11 is 0. The monoisotopic (exact) mass is 301 g/mol. The van der Waals surface area contributed by atoms with Gasteiger partial charge in [-0.1, -0.05) is 0 Å². The molecule has 1 fully saturated rings. The first-order chi connectivity index (χ1) is 10.7. The maximum Gasteiger partial charge on any atom is 0.310 e. The van der Waals surface area contributed by atoms with Gasteiger partial charge in [0.25, 0.3) is 5.91 Å². The average Bonchev–Trinajstić information content (AvgIpc) is 3.03. The van der Waals surface area contributed by atoms with Crippen LogP contribution in [0.4, 0.5) is 0 Å². The van der Waals surface area contributed by atoms with E-state index in [-0.39, 0.29) is 17.8 Å². The molecule has 0 saturated carbocycles. The highest BCUT2D eigenvalue weighted by Gasteiger charge is 2.30. The van der Waals surface area contributed by atoms with Crippen molar-refractivity contribution in [2.24, 2.45) is 5.92 Å². The molecule has 1 aliphatic heterocycles. The fourth-order valence-corrected chi connectivity index (χ4v) is 2.90. The number of ether oxygens (including phenoxy) is 1. The highest BCUT2D eigenvalue weighted by Crippen LogP contribution is 2.21. The van der Waals surface area contributed by atoms with Crippen molar-refractivity contribution in [1.29, 1.82) is 0 Å². The van der Waals surface area contributed by atoms with Gasteiger partial charge in [-0.05, 0) is 31.9 Å². The molecule has 0 N–H and O–H groups in total. The molecule has 1 saturated heterocycles. The maximum absolute atomic E-state index is 12.8. The van der Waals surface area contributed by atoms with Gasteiger partial charge >= 0.3 is 5.97 Å². The molecule has 0 radical (unpaired) electrons. The predicted octanol–water partition coefficient (Wildman–Crippen LogP) is 1.75. The summed E-state index contributed by atoms with van der Waals surface area (Å²) in [6.07, 6.45) is 6.92. The molecule has 1 atom stereocenters. The van der Waals surface area contributed by atoms with E-state index in [1.54, 1.807) is 24.1 Å². The summed E-state index contributed by atoms with van der Waals surface area (Å²) in [6, 6.07) is 3.60. The van der Waals surface area contributed by atoms with Crippen molar-refractivity contribution in [1.82, 2.24) is 14.3 Å². The van der Waals surface area contributed by atoms with E-state index in [9.17, 15) is 9.59 Å². The van der Waals surface area contributed by atoms with Crippen molar-refractivity contribution in [3.05, 3.63) is 36.3 Å². The van der Waals surface area contributed by atoms with Gasteiger partial charge in [0.05, 0.1) is 18.1 Å². The lowest BCUT2D eigenvalue weighted by Gasteiger charge is -2.31. The van der Waals surface area contributed by atoms with Crippen LogP contribution in [0.15, 0.2) is 30.7 Å². The predicted molar refractivity (Wildman–Crippen MR) is 80.5 cm³/mol. The van der Waals surface area contributed by atoms with E-state index in [0.29, 0.717) is 30.9 Å². The van der Waals surface area contributed by atoms with E-state index < -0.39 is 0 Å². The van der Waals surface area contributed by atoms with E-state index in [1.165, 1.54) is 0 Å². The summed E-state index contributed by atoms with van der Waals surface area (Å²) < 4.78 is 6.90. The van der Waals surface area contributed by atoms with Crippen LogP contribution in [0.2, 0.25) is 0 Å². The summed E-state index contributed by atoms with van der Waals surface area (Å²) in [5.41, 5.74) is 1.21. The minimum Gasteiger partial charge on any atom is -0.466 e. The molecule has 2 aromatic rings. The van der Waals surface area contributed by atoms with Crippen molar-refractivity contribution >= 4 is 17.5 Å². The zero-order valence-corrected chi connectivity index (χ0v) is 12.6. The lowest BCUT2D eigenvalue weighted by Crippen LogP contribution is -2.43. The number of pyridine rings is 1. The number of nitrogens with zero attached hydrogens (tertiary/aromatic N) is 3. The van der Waals surface area contributed by atoms with Crippen LogP contribution < -0.4 is 0 Å². The first kappa shape index (κ1) is 14.6. The highest BCUT2D eigenvalue weighted by atomic mass is 16.5. The van der Waals surface area contributed by atoms with Gasteiger partial charge in [-0.25, -0.2) is 4.98 Å². The molecule has 6 nitrogen and oxygen atoms in total. The zero-order valence-electron chi connectivity index (χ0n) is 12.6. The van der Waals surface area contributed by atoms with E-state index >= 15 is 0 Å². The Morgan fingerprint density at radius 1 is 1.41 bits per heavy atom. The second kappa shape index (κ2) is 6.17. The Kier molecular flexibility index (Phi) is 4.09. The summed E-state index contributed by atoms with van der Waals surface area (Å²) in [4.78, 5) is 30.6. The molecule has 6 heteroatoms. The van der Waals surface area contributed by atoms with E-state index in [0.717, 1.165) is 12.8 Å². The number of esters is 1. The number of hydrogen-bond donors (Lipinski definition) is 0. The van der Waals surface area contributed by atoms with Crippen LogP contribution in [0.3, 0.4) is 0 Å². The number of fused-ring (bicyclic) bond motifs is 1. The number of aromatic nitrogens is 2. The van der Waals surface area contributed by atoms with Gasteiger partial charge in [0.1, 0.15) is 5.65 Å². The van der Waals surface area contributed by atoms with Gasteiger partial charge in [-0.2, -0.15) is 0 Å². The number of imidazole rings is 1. The Balaban J connectivity index is 1.80. The van der Waals surface area contributed by atoms with Crippen LogP contribution in [0.1, 0.15) is 30.1 Å². The molecule has 1 amide bonds. The third-order valence-corrected chi connectivity index (χ3v) is 3.98. The van der Waals surface area contributed by atoms with Crippen LogP contribution in [0, 0.1) is 5.92 Å². The second-order valence-electron chi connectivity index (χ2n) is 5.42. The Labute approximate surface area is 128 Å². The van der Waals surface area contributed by atoms with Crippen molar-refractivity contribution in [3.63, 3.8) is 0 Å². The highest BCUT2D eigenvalue weighted by molar-refractivity contribution is 6.00. The molecule has 3 heterocycles. The van der Waals surface area contributed by atoms with Crippen LogP contribution in [-0.4, -0.2) is 45.9 Å². The molecule has 1 unspecified atom stereocenters. The minimum atomic E-state index is -0.225. The van der Waals surface area contributed by atoms with Crippen LogP contribution in [0.25, 0.3) is 5.65 Å². The molecule has 3 rings (SSSR count). The SMILES string of the molecule is CCOC(=O)C1CCCN(C(=O)c2cccn3ccnc23)C1. The Morgan fingerprint density at radius 3 is 3.09 bits per heavy atom. The van der Waals surface area contributed by atoms with Gasteiger partial charge in [-0.3, -0.25) is 9.59 Å². The van der Waals surface area contributed by atoms with Crippen molar-refractivity contribution in [3.8, 4) is 0 Å². The van der Waals surface area contributed by atoms with Crippen molar-refractivity contribution in [2.75, 3.05) is 19.7 Å². The zero-order chi connectivity index (χ0) is 15.5. The van der Waals surface area contributed by atoms with Crippen molar-refractivity contribution < 1.29 is 14.3 Å². The fourth-order valence-electron chi connectivity index (χ4n) is 2.90. The number of hydrogen-bond acceptors (Lipinski definition) is 4. The summed E-state index contributed by atoms with van der Waals surface area (Å²) in [5.74, 6) is -0.512. The quantitative estimate of drug-likeness (QED) is 0.810. The van der Waals surface area contributed by atoms with Crippen LogP contribution in [-0.2, 0) is 9.53 Å². The third-order valence-electron chi connectivity index (χ3n) is 3.98. The number of piperidine rings is 1. The molecule has 0 bridgehead atoms. The van der Waals surface area contributed by atoms with E-state index in [2.05, 4.69) is 4.98 Å². The number of likely N-dealkylation sites (tertiary alicyclic amines) is 1. The molecule has 0 aromatic carbocycles. The minimum absolute atomic E-state index is 0.0780.